The molecule has 0 aromatic heterocycles. The number of aliphatic hydroxyl groups is 1. The van der Waals surface area contributed by atoms with E-state index in [1.807, 2.05) is 0 Å². The number of carbonyl (C=O) groups is 3. The van der Waals surface area contributed by atoms with Gasteiger partial charge in [-0.1, -0.05) is 30.3 Å². The van der Waals surface area contributed by atoms with E-state index in [0.717, 1.165) is 5.56 Å². The van der Waals surface area contributed by atoms with Gasteiger partial charge in [-0.05, 0) is 5.56 Å². The van der Waals surface area contributed by atoms with Crippen molar-refractivity contribution < 1.29 is 24.6 Å². The van der Waals surface area contributed by atoms with E-state index in [1.165, 1.54) is 0 Å². The van der Waals surface area contributed by atoms with Gasteiger partial charge >= 0.3 is 5.97 Å². The summed E-state index contributed by atoms with van der Waals surface area (Å²) in [6.07, 6.45) is 0.0882. The number of aliphatic hydroxyl groups excluding tert-OH is 1. The third-order valence-corrected chi connectivity index (χ3v) is 2.92. The maximum absolute atomic E-state index is 11.9. The van der Waals surface area contributed by atoms with Crippen LogP contribution in [-0.4, -0.2) is 53.2 Å². The summed E-state index contributed by atoms with van der Waals surface area (Å²) in [6, 6.07) is 6.38. The molecule has 8 nitrogen and oxygen atoms in total. The predicted molar refractivity (Wildman–Crippen MR) is 77.8 cm³/mol. The molecule has 2 atom stereocenters. The number of nitrogens with one attached hydrogen (secondary N) is 2. The maximum Gasteiger partial charge on any atom is 0.326 e. The highest BCUT2D eigenvalue weighted by Crippen LogP contribution is 2.04. The highest BCUT2D eigenvalue weighted by atomic mass is 16.4. The molecule has 2 unspecified atom stereocenters. The van der Waals surface area contributed by atoms with E-state index >= 15 is 0 Å². The van der Waals surface area contributed by atoms with Gasteiger partial charge in [-0.15, -0.1) is 0 Å². The van der Waals surface area contributed by atoms with Crippen molar-refractivity contribution in [2.45, 2.75) is 18.5 Å². The lowest BCUT2D eigenvalue weighted by Gasteiger charge is -2.20. The van der Waals surface area contributed by atoms with Crippen LogP contribution in [0, 0.1) is 0 Å². The van der Waals surface area contributed by atoms with Crippen LogP contribution in [0.2, 0.25) is 0 Å². The number of nitrogens with two attached hydrogens (primary N) is 1. The van der Waals surface area contributed by atoms with Crippen LogP contribution in [0.3, 0.4) is 0 Å². The summed E-state index contributed by atoms with van der Waals surface area (Å²) in [5, 5.41) is 22.8. The first-order valence-corrected chi connectivity index (χ1v) is 6.65. The van der Waals surface area contributed by atoms with Crippen LogP contribution in [0.4, 0.5) is 0 Å². The number of aliphatic carboxylic acids is 1. The second kappa shape index (κ2) is 8.75. The lowest BCUT2D eigenvalue weighted by Crippen LogP contribution is -2.54. The summed E-state index contributed by atoms with van der Waals surface area (Å²) in [7, 11) is 0. The van der Waals surface area contributed by atoms with Gasteiger partial charge in [-0.2, -0.15) is 0 Å². The van der Waals surface area contributed by atoms with E-state index < -0.39 is 36.5 Å². The van der Waals surface area contributed by atoms with Crippen molar-refractivity contribution in [3.05, 3.63) is 35.9 Å². The van der Waals surface area contributed by atoms with Crippen molar-refractivity contribution in [2.24, 2.45) is 5.73 Å². The molecule has 8 heteroatoms. The number of benzene rings is 1. The normalized spacial score (nSPS) is 13.0. The number of carboxylic acids is 1. The van der Waals surface area contributed by atoms with Crippen molar-refractivity contribution in [2.75, 3.05) is 13.2 Å². The molecule has 0 aliphatic carbocycles. The van der Waals surface area contributed by atoms with Gasteiger partial charge in [-0.25, -0.2) is 4.79 Å². The van der Waals surface area contributed by atoms with Gasteiger partial charge in [-0.3, -0.25) is 9.59 Å². The molecule has 120 valence electrons. The van der Waals surface area contributed by atoms with Gasteiger partial charge in [0.25, 0.3) is 0 Å². The first-order valence-electron chi connectivity index (χ1n) is 6.65. The van der Waals surface area contributed by atoms with Crippen LogP contribution in [0.1, 0.15) is 5.56 Å². The summed E-state index contributed by atoms with van der Waals surface area (Å²) >= 11 is 0. The number of carbonyl (C=O) groups excluding carboxylic acids is 2. The zero-order valence-corrected chi connectivity index (χ0v) is 11.9. The van der Waals surface area contributed by atoms with Crippen LogP contribution < -0.4 is 16.4 Å². The third kappa shape index (κ3) is 5.51. The van der Waals surface area contributed by atoms with Crippen LogP contribution in [0.5, 0.6) is 0 Å². The zero-order chi connectivity index (χ0) is 16.5. The van der Waals surface area contributed by atoms with Crippen LogP contribution >= 0.6 is 0 Å². The number of amides is 2. The summed E-state index contributed by atoms with van der Waals surface area (Å²) in [5.74, 6) is -2.61. The van der Waals surface area contributed by atoms with E-state index in [2.05, 4.69) is 10.6 Å². The van der Waals surface area contributed by atoms with Gasteiger partial charge in [0.1, 0.15) is 12.1 Å². The first kappa shape index (κ1) is 17.6. The molecule has 0 bridgehead atoms. The number of hydrogen-bond acceptors (Lipinski definition) is 5. The summed E-state index contributed by atoms with van der Waals surface area (Å²) in [4.78, 5) is 34.3. The molecule has 0 saturated carbocycles. The highest BCUT2D eigenvalue weighted by Gasteiger charge is 2.25. The quantitative estimate of drug-likeness (QED) is 0.385. The van der Waals surface area contributed by atoms with Crippen molar-refractivity contribution in [3.63, 3.8) is 0 Å². The monoisotopic (exact) mass is 309 g/mol. The van der Waals surface area contributed by atoms with E-state index in [0.29, 0.717) is 0 Å². The Balaban J connectivity index is 2.71. The minimum absolute atomic E-state index is 0.0882. The zero-order valence-electron chi connectivity index (χ0n) is 11.9. The number of carboxylic acid groups (broad SMARTS) is 1. The van der Waals surface area contributed by atoms with E-state index in [9.17, 15) is 19.5 Å². The Hall–Kier alpha value is -2.45. The topological polar surface area (TPSA) is 142 Å². The fourth-order valence-electron chi connectivity index (χ4n) is 1.77. The third-order valence-electron chi connectivity index (χ3n) is 2.92. The minimum Gasteiger partial charge on any atom is -0.480 e. The van der Waals surface area contributed by atoms with Crippen LogP contribution in [0.15, 0.2) is 30.3 Å². The SMILES string of the molecule is NCC(=O)NC(CO)C(=O)NC(Cc1ccccc1)C(=O)O. The summed E-state index contributed by atoms with van der Waals surface area (Å²) < 4.78 is 0. The molecule has 1 aromatic rings. The van der Waals surface area contributed by atoms with Crippen LogP contribution in [-0.2, 0) is 20.8 Å². The molecular weight excluding hydrogens is 290 g/mol. The average molecular weight is 309 g/mol. The molecular formula is C14H19N3O5. The molecule has 2 amide bonds. The standard InChI is InChI=1S/C14H19N3O5/c15-7-12(19)16-11(8-18)13(20)17-10(14(21)22)6-9-4-2-1-3-5-9/h1-5,10-11,18H,6-8,15H2,(H,16,19)(H,17,20)(H,21,22). The van der Waals surface area contributed by atoms with Gasteiger partial charge in [0, 0.05) is 6.42 Å². The largest absolute Gasteiger partial charge is 0.480 e. The van der Waals surface area contributed by atoms with E-state index in [-0.39, 0.29) is 13.0 Å². The van der Waals surface area contributed by atoms with Crippen molar-refractivity contribution in [1.29, 1.82) is 0 Å². The molecule has 0 aliphatic heterocycles. The van der Waals surface area contributed by atoms with Gasteiger partial charge in [0.2, 0.25) is 11.8 Å². The van der Waals surface area contributed by atoms with Gasteiger partial charge in [0.05, 0.1) is 13.2 Å². The van der Waals surface area contributed by atoms with Crippen molar-refractivity contribution in [3.8, 4) is 0 Å². The minimum atomic E-state index is -1.24. The lowest BCUT2D eigenvalue weighted by atomic mass is 10.1. The average Bonchev–Trinajstić information content (AvgIpc) is 2.52. The smallest absolute Gasteiger partial charge is 0.326 e. The predicted octanol–water partition coefficient (Wildman–Crippen LogP) is -1.77. The molecule has 0 saturated heterocycles. The Labute approximate surface area is 127 Å². The lowest BCUT2D eigenvalue weighted by molar-refractivity contribution is -0.142. The molecule has 22 heavy (non-hydrogen) atoms. The maximum atomic E-state index is 11.9. The molecule has 0 fully saturated rings. The van der Waals surface area contributed by atoms with Gasteiger partial charge in [0.15, 0.2) is 0 Å². The Morgan fingerprint density at radius 2 is 1.73 bits per heavy atom. The first-order chi connectivity index (χ1) is 10.5. The Morgan fingerprint density at radius 3 is 2.23 bits per heavy atom. The Kier molecular flexibility index (Phi) is 7.00. The molecule has 6 N–H and O–H groups in total. The molecule has 0 heterocycles. The molecule has 0 aliphatic rings. The van der Waals surface area contributed by atoms with Crippen molar-refractivity contribution >= 4 is 17.8 Å². The second-order valence-corrected chi connectivity index (χ2v) is 4.60. The van der Waals surface area contributed by atoms with Crippen molar-refractivity contribution in [1.82, 2.24) is 10.6 Å². The number of hydrogen-bond donors (Lipinski definition) is 5. The van der Waals surface area contributed by atoms with Crippen LogP contribution in [0.25, 0.3) is 0 Å². The Morgan fingerprint density at radius 1 is 1.09 bits per heavy atom. The van der Waals surface area contributed by atoms with Gasteiger partial charge < -0.3 is 26.6 Å². The summed E-state index contributed by atoms with van der Waals surface area (Å²) in [6.45, 7) is -0.995. The summed E-state index contributed by atoms with van der Waals surface area (Å²) in [5.41, 5.74) is 5.85. The second-order valence-electron chi connectivity index (χ2n) is 4.60. The number of rotatable bonds is 8. The van der Waals surface area contributed by atoms with E-state index in [1.54, 1.807) is 30.3 Å². The fraction of sp³-hybridized carbons (Fsp3) is 0.357. The molecule has 0 radical (unpaired) electrons. The molecule has 1 aromatic carbocycles. The Bertz CT molecular complexity index is 520. The molecule has 0 spiro atoms. The highest BCUT2D eigenvalue weighted by molar-refractivity contribution is 5.90. The molecule has 1 rings (SSSR count). The fourth-order valence-corrected chi connectivity index (χ4v) is 1.77. The van der Waals surface area contributed by atoms with E-state index in [4.69, 9.17) is 10.8 Å².